The zero-order valence-electron chi connectivity index (χ0n) is 22.4. The Bertz CT molecular complexity index is 1450. The topological polar surface area (TPSA) is 105 Å². The first-order chi connectivity index (χ1) is 19.4. The van der Waals surface area contributed by atoms with E-state index in [1.165, 1.54) is 23.5 Å². The number of carbonyl (C=O) groups is 2. The zero-order valence-corrected chi connectivity index (χ0v) is 23.2. The molecule has 0 radical (unpaired) electrons. The number of methoxy groups -OCH3 is 1. The smallest absolute Gasteiger partial charge is 0.262 e. The van der Waals surface area contributed by atoms with Crippen molar-refractivity contribution in [1.82, 2.24) is 9.62 Å². The van der Waals surface area contributed by atoms with Crippen LogP contribution in [-0.2, 0) is 26.0 Å². The molecule has 2 aliphatic rings. The number of carbonyl (C=O) groups excluding carboxylic acids is 2. The summed E-state index contributed by atoms with van der Waals surface area (Å²) in [4.78, 5) is 28.7. The normalized spacial score (nSPS) is 19.3. The molecular weight excluding hydrogens is 530 g/mol. The first kappa shape index (κ1) is 27.7. The van der Waals surface area contributed by atoms with Gasteiger partial charge in [-0.05, 0) is 61.2 Å². The van der Waals surface area contributed by atoms with Crippen LogP contribution < -0.4 is 19.7 Å². The van der Waals surface area contributed by atoms with Crippen LogP contribution in [0, 0.1) is 5.92 Å². The Hall–Kier alpha value is -3.89. The van der Waals surface area contributed by atoms with Gasteiger partial charge in [-0.15, -0.1) is 0 Å². The summed E-state index contributed by atoms with van der Waals surface area (Å²) < 4.78 is 39.2. The maximum absolute atomic E-state index is 13.9. The zero-order chi connectivity index (χ0) is 28.1. The highest BCUT2D eigenvalue weighted by atomic mass is 32.2. The van der Waals surface area contributed by atoms with Crippen LogP contribution in [-0.4, -0.2) is 63.9 Å². The van der Waals surface area contributed by atoms with E-state index in [1.807, 2.05) is 36.4 Å². The largest absolute Gasteiger partial charge is 0.497 e. The summed E-state index contributed by atoms with van der Waals surface area (Å²) in [5.74, 6) is -0.0445. The van der Waals surface area contributed by atoms with Gasteiger partial charge in [-0.3, -0.25) is 9.59 Å². The van der Waals surface area contributed by atoms with Gasteiger partial charge in [-0.2, -0.15) is 4.31 Å². The van der Waals surface area contributed by atoms with Crippen molar-refractivity contribution in [3.8, 4) is 11.5 Å². The van der Waals surface area contributed by atoms with Crippen molar-refractivity contribution < 1.29 is 27.5 Å². The van der Waals surface area contributed by atoms with Gasteiger partial charge in [0.25, 0.3) is 5.91 Å². The van der Waals surface area contributed by atoms with Crippen LogP contribution in [0.4, 0.5) is 5.69 Å². The average Bonchev–Trinajstić information content (AvgIpc) is 3.00. The number of nitrogens with one attached hydrogen (secondary N) is 1. The molecule has 40 heavy (non-hydrogen) atoms. The molecule has 5 rings (SSSR count). The van der Waals surface area contributed by atoms with Crippen LogP contribution >= 0.6 is 0 Å². The van der Waals surface area contributed by atoms with Crippen molar-refractivity contribution in [1.29, 1.82) is 0 Å². The molecule has 0 spiro atoms. The highest BCUT2D eigenvalue weighted by molar-refractivity contribution is 7.89. The van der Waals surface area contributed by atoms with Gasteiger partial charge in [0.2, 0.25) is 15.9 Å². The first-order valence-corrected chi connectivity index (χ1v) is 14.8. The lowest BCUT2D eigenvalue weighted by Gasteiger charge is -2.38. The van der Waals surface area contributed by atoms with Crippen molar-refractivity contribution in [2.45, 2.75) is 30.3 Å². The molecule has 1 saturated heterocycles. The molecule has 0 unspecified atom stereocenters. The number of hydrogen-bond acceptors (Lipinski definition) is 6. The predicted octanol–water partition coefficient (Wildman–Crippen LogP) is 3.25. The van der Waals surface area contributed by atoms with E-state index in [-0.39, 0.29) is 29.8 Å². The maximum Gasteiger partial charge on any atom is 0.262 e. The third-order valence-electron chi connectivity index (χ3n) is 7.32. The Balaban J connectivity index is 1.29. The summed E-state index contributed by atoms with van der Waals surface area (Å²) in [6.45, 7) is 0.902. The average molecular weight is 564 g/mol. The minimum atomic E-state index is -3.78. The van der Waals surface area contributed by atoms with E-state index in [0.717, 1.165) is 5.56 Å². The van der Waals surface area contributed by atoms with E-state index in [4.69, 9.17) is 9.47 Å². The molecule has 0 bridgehead atoms. The van der Waals surface area contributed by atoms with Gasteiger partial charge in [0.15, 0.2) is 6.10 Å². The van der Waals surface area contributed by atoms with Crippen LogP contribution in [0.25, 0.3) is 0 Å². The van der Waals surface area contributed by atoms with E-state index < -0.39 is 22.0 Å². The maximum atomic E-state index is 13.9. The highest BCUT2D eigenvalue weighted by Gasteiger charge is 2.39. The van der Waals surface area contributed by atoms with Crippen molar-refractivity contribution in [2.75, 3.05) is 38.2 Å². The van der Waals surface area contributed by atoms with E-state index in [2.05, 4.69) is 5.32 Å². The molecule has 0 aromatic heterocycles. The van der Waals surface area contributed by atoms with Gasteiger partial charge in [0.1, 0.15) is 11.5 Å². The molecule has 3 aromatic carbocycles. The summed E-state index contributed by atoms with van der Waals surface area (Å²) in [5, 5.41) is 2.93. The fourth-order valence-corrected chi connectivity index (χ4v) is 6.67. The fraction of sp³-hybridized carbons (Fsp3) is 0.333. The molecule has 9 nitrogen and oxygen atoms in total. The monoisotopic (exact) mass is 563 g/mol. The summed E-state index contributed by atoms with van der Waals surface area (Å²) in [7, 11) is -2.26. The molecule has 10 heteroatoms. The van der Waals surface area contributed by atoms with Crippen LogP contribution in [0.3, 0.4) is 0 Å². The quantitative estimate of drug-likeness (QED) is 0.451. The fourth-order valence-electron chi connectivity index (χ4n) is 5.15. The number of ether oxygens (including phenoxy) is 2. The lowest BCUT2D eigenvalue weighted by molar-refractivity contribution is -0.129. The molecule has 210 valence electrons. The first-order valence-electron chi connectivity index (χ1n) is 13.4. The van der Waals surface area contributed by atoms with E-state index in [9.17, 15) is 18.0 Å². The van der Waals surface area contributed by atoms with Gasteiger partial charge in [-0.25, -0.2) is 8.42 Å². The summed E-state index contributed by atoms with van der Waals surface area (Å²) >= 11 is 0. The van der Waals surface area contributed by atoms with Crippen molar-refractivity contribution in [3.63, 3.8) is 0 Å². The molecule has 2 amide bonds. The number of fused-ring (bicyclic) bond motifs is 1. The molecule has 2 aliphatic heterocycles. The van der Waals surface area contributed by atoms with Gasteiger partial charge in [-0.1, -0.05) is 42.5 Å². The Morgan fingerprint density at radius 3 is 2.45 bits per heavy atom. The van der Waals surface area contributed by atoms with E-state index in [0.29, 0.717) is 49.5 Å². The summed E-state index contributed by atoms with van der Waals surface area (Å²) in [5.41, 5.74) is 1.69. The standard InChI is InChI=1S/C30H33N3O6S/c1-38-24-13-15-25(16-14-24)40(36,37)32-19-7-10-23(20-32)30(35)33-21-28(39-27-12-6-5-11-26(27)33)29(34)31-18-17-22-8-3-2-4-9-22/h2-6,8-9,11-16,23,28H,7,10,17-21H2,1H3,(H,31,34)/t23-,28-/m0/s1. The predicted molar refractivity (Wildman–Crippen MR) is 151 cm³/mol. The van der Waals surface area contributed by atoms with Crippen LogP contribution in [0.1, 0.15) is 18.4 Å². The van der Waals surface area contributed by atoms with Crippen molar-refractivity contribution in [2.24, 2.45) is 5.92 Å². The lowest BCUT2D eigenvalue weighted by atomic mass is 9.97. The van der Waals surface area contributed by atoms with Gasteiger partial charge in [0.05, 0.1) is 30.2 Å². The number of piperidine rings is 1. The minimum Gasteiger partial charge on any atom is -0.497 e. The minimum absolute atomic E-state index is 0.0503. The molecule has 1 N–H and O–H groups in total. The van der Waals surface area contributed by atoms with E-state index >= 15 is 0 Å². The molecule has 2 atom stereocenters. The highest BCUT2D eigenvalue weighted by Crippen LogP contribution is 2.35. The second-order valence-electron chi connectivity index (χ2n) is 9.93. The van der Waals surface area contributed by atoms with Crippen LogP contribution in [0.5, 0.6) is 11.5 Å². The summed E-state index contributed by atoms with van der Waals surface area (Å²) in [6, 6.07) is 23.2. The number of benzene rings is 3. The number of para-hydroxylation sites is 2. The number of amides is 2. The van der Waals surface area contributed by atoms with Crippen LogP contribution in [0.15, 0.2) is 83.8 Å². The molecular formula is C30H33N3O6S. The van der Waals surface area contributed by atoms with Gasteiger partial charge in [0, 0.05) is 19.6 Å². The number of hydrogen-bond donors (Lipinski definition) is 1. The Morgan fingerprint density at radius 2 is 1.70 bits per heavy atom. The van der Waals surface area contributed by atoms with Crippen LogP contribution in [0.2, 0.25) is 0 Å². The second-order valence-corrected chi connectivity index (χ2v) is 11.9. The second kappa shape index (κ2) is 12.1. The SMILES string of the molecule is COc1ccc(S(=O)(=O)N2CCC[C@H](C(=O)N3C[C@@H](C(=O)NCCc4ccccc4)Oc4ccccc43)C2)cc1. The number of sulfonamides is 1. The third-order valence-corrected chi connectivity index (χ3v) is 9.20. The van der Waals surface area contributed by atoms with E-state index in [1.54, 1.807) is 35.2 Å². The van der Waals surface area contributed by atoms with Crippen molar-refractivity contribution in [3.05, 3.63) is 84.4 Å². The molecule has 2 heterocycles. The molecule has 0 saturated carbocycles. The third kappa shape index (κ3) is 5.97. The van der Waals surface area contributed by atoms with Gasteiger partial charge >= 0.3 is 0 Å². The molecule has 3 aromatic rings. The number of nitrogens with zero attached hydrogens (tertiary/aromatic N) is 2. The number of anilines is 1. The summed E-state index contributed by atoms with van der Waals surface area (Å²) in [6.07, 6.45) is 0.915. The molecule has 0 aliphatic carbocycles. The Labute approximate surface area is 234 Å². The number of rotatable bonds is 8. The molecule has 1 fully saturated rings. The Morgan fingerprint density at radius 1 is 0.975 bits per heavy atom. The Kier molecular flexibility index (Phi) is 8.37. The van der Waals surface area contributed by atoms with Gasteiger partial charge < -0.3 is 19.7 Å². The van der Waals surface area contributed by atoms with Crippen molar-refractivity contribution >= 4 is 27.5 Å². The lowest BCUT2D eigenvalue weighted by Crippen LogP contribution is -2.54.